The van der Waals surface area contributed by atoms with Crippen molar-refractivity contribution in [3.05, 3.63) is 28.8 Å². The van der Waals surface area contributed by atoms with Gasteiger partial charge >= 0.3 is 0 Å². The van der Waals surface area contributed by atoms with Gasteiger partial charge in [-0.3, -0.25) is 0 Å². The smallest absolute Gasteiger partial charge is 0.122 e. The fraction of sp³-hybridized carbons (Fsp3) is 0.600. The van der Waals surface area contributed by atoms with Gasteiger partial charge in [0, 0.05) is 11.6 Å². The van der Waals surface area contributed by atoms with Gasteiger partial charge in [-0.05, 0) is 55.0 Å². The quantitative estimate of drug-likeness (QED) is 0.772. The van der Waals surface area contributed by atoms with Crippen LogP contribution in [0.4, 0.5) is 0 Å². The van der Waals surface area contributed by atoms with Crippen LogP contribution in [0.1, 0.15) is 25.8 Å². The number of rotatable bonds is 8. The van der Waals surface area contributed by atoms with E-state index in [1.165, 1.54) is 0 Å². The number of benzene rings is 1. The van der Waals surface area contributed by atoms with E-state index in [0.717, 1.165) is 24.2 Å². The normalized spacial score (nSPS) is 14.2. The fourth-order valence-corrected chi connectivity index (χ4v) is 2.26. The van der Waals surface area contributed by atoms with Gasteiger partial charge in [-0.15, -0.1) is 0 Å². The summed E-state index contributed by atoms with van der Waals surface area (Å²) in [5.74, 6) is 1.28. The van der Waals surface area contributed by atoms with Crippen molar-refractivity contribution in [2.75, 3.05) is 19.8 Å². The molecule has 3 N–H and O–H groups in total. The third-order valence-electron chi connectivity index (χ3n) is 3.37. The number of hydrogen-bond donors (Lipinski definition) is 2. The molecule has 0 aliphatic heterocycles. The fourth-order valence-electron chi connectivity index (χ4n) is 2.06. The Hall–Kier alpha value is -0.770. The van der Waals surface area contributed by atoms with Crippen LogP contribution >= 0.6 is 11.6 Å². The Bertz CT molecular complexity index is 380. The number of aliphatic hydroxyl groups excluding tert-OH is 1. The molecular formula is C15H24ClNO2. The summed E-state index contributed by atoms with van der Waals surface area (Å²) in [7, 11) is 0. The van der Waals surface area contributed by atoms with E-state index in [-0.39, 0.29) is 18.4 Å². The molecule has 0 spiro atoms. The Morgan fingerprint density at radius 2 is 2.16 bits per heavy atom. The van der Waals surface area contributed by atoms with Crippen LogP contribution in [0.25, 0.3) is 0 Å². The van der Waals surface area contributed by atoms with Gasteiger partial charge in [-0.2, -0.15) is 0 Å². The van der Waals surface area contributed by atoms with Crippen molar-refractivity contribution in [1.82, 2.24) is 0 Å². The van der Waals surface area contributed by atoms with Gasteiger partial charge in [0.05, 0.1) is 6.61 Å². The summed E-state index contributed by atoms with van der Waals surface area (Å²) in [6.45, 7) is 5.47. The lowest BCUT2D eigenvalue weighted by Gasteiger charge is -2.21. The number of halogens is 1. The topological polar surface area (TPSA) is 55.5 Å². The predicted molar refractivity (Wildman–Crippen MR) is 79.7 cm³/mol. The summed E-state index contributed by atoms with van der Waals surface area (Å²) < 4.78 is 5.74. The Kier molecular flexibility index (Phi) is 7.21. The average Bonchev–Trinajstić information content (AvgIpc) is 2.39. The standard InChI is InChI=1S/C15H24ClNO2/c1-3-6-19-15-5-4-14(16)8-12(15)7-11(2)13(9-17)10-18/h4-5,8,11,13,18H,3,6-7,9-10,17H2,1-2H3. The minimum Gasteiger partial charge on any atom is -0.493 e. The van der Waals surface area contributed by atoms with Crippen molar-refractivity contribution >= 4 is 11.6 Å². The first kappa shape index (κ1) is 16.3. The second-order valence-corrected chi connectivity index (χ2v) is 5.40. The Morgan fingerprint density at radius 3 is 2.74 bits per heavy atom. The molecule has 2 atom stereocenters. The molecule has 4 heteroatoms. The SMILES string of the molecule is CCCOc1ccc(Cl)cc1CC(C)C(CN)CO. The Labute approximate surface area is 120 Å². The molecule has 2 unspecified atom stereocenters. The van der Waals surface area contributed by atoms with E-state index in [4.69, 9.17) is 22.1 Å². The second-order valence-electron chi connectivity index (χ2n) is 4.96. The van der Waals surface area contributed by atoms with Gasteiger partial charge in [0.2, 0.25) is 0 Å². The Morgan fingerprint density at radius 1 is 1.42 bits per heavy atom. The molecule has 1 aromatic carbocycles. The van der Waals surface area contributed by atoms with Gasteiger partial charge in [-0.1, -0.05) is 25.4 Å². The van der Waals surface area contributed by atoms with Crippen molar-refractivity contribution in [2.45, 2.75) is 26.7 Å². The monoisotopic (exact) mass is 285 g/mol. The first-order valence-electron chi connectivity index (χ1n) is 6.84. The lowest BCUT2D eigenvalue weighted by molar-refractivity contribution is 0.186. The largest absolute Gasteiger partial charge is 0.493 e. The predicted octanol–water partition coefficient (Wildman–Crippen LogP) is 2.87. The van der Waals surface area contributed by atoms with Gasteiger partial charge in [-0.25, -0.2) is 0 Å². The lowest BCUT2D eigenvalue weighted by atomic mass is 9.88. The molecule has 0 fully saturated rings. The molecule has 0 aliphatic rings. The maximum absolute atomic E-state index is 9.30. The molecule has 0 bridgehead atoms. The molecule has 0 saturated heterocycles. The zero-order valence-corrected chi connectivity index (χ0v) is 12.5. The lowest BCUT2D eigenvalue weighted by Crippen LogP contribution is -2.26. The molecular weight excluding hydrogens is 262 g/mol. The summed E-state index contributed by atoms with van der Waals surface area (Å²) in [5.41, 5.74) is 6.75. The van der Waals surface area contributed by atoms with E-state index in [0.29, 0.717) is 18.2 Å². The third kappa shape index (κ3) is 5.01. The van der Waals surface area contributed by atoms with Crippen LogP contribution < -0.4 is 10.5 Å². The molecule has 1 rings (SSSR count). The van der Waals surface area contributed by atoms with Crippen molar-refractivity contribution in [3.63, 3.8) is 0 Å². The highest BCUT2D eigenvalue weighted by molar-refractivity contribution is 6.30. The van der Waals surface area contributed by atoms with Crippen LogP contribution in [0.2, 0.25) is 5.02 Å². The third-order valence-corrected chi connectivity index (χ3v) is 3.60. The van der Waals surface area contributed by atoms with E-state index >= 15 is 0 Å². The van der Waals surface area contributed by atoms with Crippen molar-refractivity contribution < 1.29 is 9.84 Å². The number of aliphatic hydroxyl groups is 1. The molecule has 0 aromatic heterocycles. The minimum atomic E-state index is 0.109. The van der Waals surface area contributed by atoms with Crippen LogP contribution in [-0.4, -0.2) is 24.9 Å². The summed E-state index contributed by atoms with van der Waals surface area (Å²) in [5, 5.41) is 10.0. The van der Waals surface area contributed by atoms with Crippen LogP contribution in [-0.2, 0) is 6.42 Å². The number of nitrogens with two attached hydrogens (primary N) is 1. The van der Waals surface area contributed by atoms with E-state index in [2.05, 4.69) is 13.8 Å². The van der Waals surface area contributed by atoms with Gasteiger partial charge < -0.3 is 15.6 Å². The summed E-state index contributed by atoms with van der Waals surface area (Å²) in [4.78, 5) is 0. The molecule has 0 saturated carbocycles. The van der Waals surface area contributed by atoms with Crippen molar-refractivity contribution in [3.8, 4) is 5.75 Å². The highest BCUT2D eigenvalue weighted by Crippen LogP contribution is 2.27. The summed E-state index contributed by atoms with van der Waals surface area (Å²) in [6, 6.07) is 5.69. The van der Waals surface area contributed by atoms with Crippen LogP contribution in [0, 0.1) is 11.8 Å². The Balaban J connectivity index is 2.82. The minimum absolute atomic E-state index is 0.109. The molecule has 0 amide bonds. The summed E-state index contributed by atoms with van der Waals surface area (Å²) >= 11 is 6.05. The molecule has 0 radical (unpaired) electrons. The first-order chi connectivity index (χ1) is 9.12. The molecule has 19 heavy (non-hydrogen) atoms. The van der Waals surface area contributed by atoms with Crippen LogP contribution in [0.15, 0.2) is 18.2 Å². The maximum Gasteiger partial charge on any atom is 0.122 e. The van der Waals surface area contributed by atoms with E-state index < -0.39 is 0 Å². The summed E-state index contributed by atoms with van der Waals surface area (Å²) in [6.07, 6.45) is 1.78. The van der Waals surface area contributed by atoms with Gasteiger partial charge in [0.1, 0.15) is 5.75 Å². The zero-order chi connectivity index (χ0) is 14.3. The second kappa shape index (κ2) is 8.41. The molecule has 3 nitrogen and oxygen atoms in total. The van der Waals surface area contributed by atoms with Crippen molar-refractivity contribution in [1.29, 1.82) is 0 Å². The van der Waals surface area contributed by atoms with Gasteiger partial charge in [0.25, 0.3) is 0 Å². The molecule has 1 aromatic rings. The van der Waals surface area contributed by atoms with E-state index in [1.807, 2.05) is 18.2 Å². The number of ether oxygens (including phenoxy) is 1. The van der Waals surface area contributed by atoms with Crippen LogP contribution in [0.5, 0.6) is 5.75 Å². The van der Waals surface area contributed by atoms with E-state index in [1.54, 1.807) is 0 Å². The molecule has 0 aliphatic carbocycles. The maximum atomic E-state index is 9.30. The average molecular weight is 286 g/mol. The zero-order valence-electron chi connectivity index (χ0n) is 11.7. The van der Waals surface area contributed by atoms with Crippen LogP contribution in [0.3, 0.4) is 0 Å². The molecule has 0 heterocycles. The highest BCUT2D eigenvalue weighted by Gasteiger charge is 2.17. The van der Waals surface area contributed by atoms with Gasteiger partial charge in [0.15, 0.2) is 0 Å². The highest BCUT2D eigenvalue weighted by atomic mass is 35.5. The first-order valence-corrected chi connectivity index (χ1v) is 7.22. The van der Waals surface area contributed by atoms with E-state index in [9.17, 15) is 5.11 Å². The molecule has 108 valence electrons. The van der Waals surface area contributed by atoms with Crippen molar-refractivity contribution in [2.24, 2.45) is 17.6 Å². The number of hydrogen-bond acceptors (Lipinski definition) is 3.